The van der Waals surface area contributed by atoms with E-state index in [1.165, 1.54) is 11.3 Å². The van der Waals surface area contributed by atoms with E-state index >= 15 is 0 Å². The maximum atomic E-state index is 4.43. The van der Waals surface area contributed by atoms with Gasteiger partial charge in [0, 0.05) is 35.7 Å². The summed E-state index contributed by atoms with van der Waals surface area (Å²) in [4.78, 5) is 12.1. The van der Waals surface area contributed by atoms with Gasteiger partial charge in [-0.25, -0.2) is 4.98 Å². The number of rotatable bonds is 1. The second-order valence-electron chi connectivity index (χ2n) is 4.78. The van der Waals surface area contributed by atoms with Crippen LogP contribution in [0.4, 0.5) is 0 Å². The molecular weight excluding hydrogens is 200 g/mol. The quantitative estimate of drug-likeness (QED) is 0.764. The highest BCUT2D eigenvalue weighted by Crippen LogP contribution is 2.29. The first-order chi connectivity index (χ1) is 7.72. The molecule has 1 atom stereocenters. The summed E-state index contributed by atoms with van der Waals surface area (Å²) < 4.78 is 0. The average molecular weight is 216 g/mol. The number of hydrogen-bond acceptors (Lipinski definition) is 3. The van der Waals surface area contributed by atoms with Crippen molar-refractivity contribution in [1.29, 1.82) is 0 Å². The number of fused-ring (bicyclic) bond motifs is 3. The van der Waals surface area contributed by atoms with Crippen molar-refractivity contribution < 1.29 is 0 Å². The summed E-state index contributed by atoms with van der Waals surface area (Å²) in [6.45, 7) is 5.38. The van der Waals surface area contributed by atoms with E-state index in [1.54, 1.807) is 12.4 Å². The summed E-state index contributed by atoms with van der Waals surface area (Å²) in [5.41, 5.74) is 4.73. The fourth-order valence-electron chi connectivity index (χ4n) is 2.36. The van der Waals surface area contributed by atoms with Crippen molar-refractivity contribution in [2.24, 2.45) is 0 Å². The van der Waals surface area contributed by atoms with E-state index < -0.39 is 0 Å². The van der Waals surface area contributed by atoms with Crippen molar-refractivity contribution in [2.45, 2.75) is 38.8 Å². The molecule has 0 saturated heterocycles. The Morgan fingerprint density at radius 3 is 3.00 bits per heavy atom. The first-order valence-corrected chi connectivity index (χ1v) is 5.77. The van der Waals surface area contributed by atoms with E-state index in [9.17, 15) is 0 Å². The first-order valence-electron chi connectivity index (χ1n) is 5.77. The van der Waals surface area contributed by atoms with Crippen molar-refractivity contribution >= 4 is 11.2 Å². The molecule has 2 aromatic heterocycles. The van der Waals surface area contributed by atoms with Crippen LogP contribution in [-0.4, -0.2) is 20.5 Å². The van der Waals surface area contributed by atoms with Gasteiger partial charge in [0.1, 0.15) is 5.52 Å². The van der Waals surface area contributed by atoms with Crippen LogP contribution in [0.1, 0.15) is 31.5 Å². The second kappa shape index (κ2) is 3.28. The van der Waals surface area contributed by atoms with Crippen LogP contribution >= 0.6 is 0 Å². The normalized spacial score (nSPS) is 24.6. The van der Waals surface area contributed by atoms with E-state index in [-0.39, 0.29) is 5.54 Å². The zero-order valence-corrected chi connectivity index (χ0v) is 9.67. The van der Waals surface area contributed by atoms with E-state index in [0.29, 0.717) is 0 Å². The summed E-state index contributed by atoms with van der Waals surface area (Å²) in [5, 5.41) is 3.58. The molecule has 1 aliphatic heterocycles. The topological polar surface area (TPSA) is 53.6 Å². The Morgan fingerprint density at radius 2 is 2.19 bits per heavy atom. The standard InChI is InChI=1S/C12H16N4/c1-3-12(2)6-8-9(7-15-12)16-11-10(8)13-4-5-14-11/h4-5,15H,3,6-7H2,1-2H3,(H,14,16). The number of hydrogen-bond donors (Lipinski definition) is 2. The number of nitrogens with zero attached hydrogens (tertiary/aromatic N) is 2. The summed E-state index contributed by atoms with van der Waals surface area (Å²) in [7, 11) is 0. The first kappa shape index (κ1) is 9.78. The number of aromatic amines is 1. The lowest BCUT2D eigenvalue weighted by atomic mass is 9.87. The molecule has 2 aromatic rings. The Balaban J connectivity index is 2.15. The monoisotopic (exact) mass is 216 g/mol. The summed E-state index contributed by atoms with van der Waals surface area (Å²) in [6.07, 6.45) is 5.65. The predicted molar refractivity (Wildman–Crippen MR) is 63.1 cm³/mol. The molecule has 0 bridgehead atoms. The van der Waals surface area contributed by atoms with Crippen LogP contribution in [0.5, 0.6) is 0 Å². The van der Waals surface area contributed by atoms with Crippen LogP contribution in [0.2, 0.25) is 0 Å². The number of nitrogens with one attached hydrogen (secondary N) is 2. The van der Waals surface area contributed by atoms with Crippen LogP contribution in [0, 0.1) is 0 Å². The van der Waals surface area contributed by atoms with E-state index in [4.69, 9.17) is 0 Å². The Labute approximate surface area is 94.5 Å². The smallest absolute Gasteiger partial charge is 0.156 e. The van der Waals surface area contributed by atoms with Crippen LogP contribution in [0.15, 0.2) is 12.4 Å². The molecule has 1 unspecified atom stereocenters. The minimum atomic E-state index is 0.194. The molecule has 3 rings (SSSR count). The van der Waals surface area contributed by atoms with Gasteiger partial charge in [0.15, 0.2) is 5.65 Å². The zero-order chi connectivity index (χ0) is 11.2. The van der Waals surface area contributed by atoms with Crippen LogP contribution in [0.25, 0.3) is 11.2 Å². The third-order valence-electron chi connectivity index (χ3n) is 3.66. The van der Waals surface area contributed by atoms with Crippen molar-refractivity contribution in [1.82, 2.24) is 20.3 Å². The predicted octanol–water partition coefficient (Wildman–Crippen LogP) is 1.77. The lowest BCUT2D eigenvalue weighted by Gasteiger charge is -2.33. The van der Waals surface area contributed by atoms with Gasteiger partial charge in [-0.15, -0.1) is 0 Å². The highest BCUT2D eigenvalue weighted by molar-refractivity contribution is 5.77. The van der Waals surface area contributed by atoms with Gasteiger partial charge in [-0.1, -0.05) is 6.92 Å². The Bertz CT molecular complexity index is 531. The second-order valence-corrected chi connectivity index (χ2v) is 4.78. The molecule has 0 spiro atoms. The molecule has 0 amide bonds. The van der Waals surface area contributed by atoms with Gasteiger partial charge in [-0.2, -0.15) is 0 Å². The molecule has 4 nitrogen and oxygen atoms in total. The largest absolute Gasteiger partial charge is 0.340 e. The third kappa shape index (κ3) is 1.33. The number of aromatic nitrogens is 3. The van der Waals surface area contributed by atoms with Crippen LogP contribution < -0.4 is 5.32 Å². The Morgan fingerprint density at radius 1 is 1.38 bits per heavy atom. The molecule has 3 heterocycles. The maximum Gasteiger partial charge on any atom is 0.156 e. The number of H-pyrrole nitrogens is 1. The molecule has 0 aliphatic carbocycles. The van der Waals surface area contributed by atoms with Crippen molar-refractivity contribution in [2.75, 3.05) is 0 Å². The Hall–Kier alpha value is -1.42. The van der Waals surface area contributed by atoms with Gasteiger partial charge < -0.3 is 10.3 Å². The fraction of sp³-hybridized carbons (Fsp3) is 0.500. The van der Waals surface area contributed by atoms with Crippen molar-refractivity contribution in [3.63, 3.8) is 0 Å². The SMILES string of the molecule is CCC1(C)Cc2c([nH]c3nccnc23)CN1. The molecule has 0 radical (unpaired) electrons. The molecule has 4 heteroatoms. The van der Waals surface area contributed by atoms with Crippen LogP contribution in [-0.2, 0) is 13.0 Å². The lowest BCUT2D eigenvalue weighted by molar-refractivity contribution is 0.319. The van der Waals surface area contributed by atoms with Gasteiger partial charge in [-0.3, -0.25) is 4.98 Å². The van der Waals surface area contributed by atoms with E-state index in [2.05, 4.69) is 34.1 Å². The van der Waals surface area contributed by atoms with E-state index in [1.807, 2.05) is 0 Å². The lowest BCUT2D eigenvalue weighted by Crippen LogP contribution is -2.46. The van der Waals surface area contributed by atoms with Gasteiger partial charge in [-0.05, 0) is 19.8 Å². The molecule has 0 aromatic carbocycles. The highest BCUT2D eigenvalue weighted by atomic mass is 15.0. The summed E-state index contributed by atoms with van der Waals surface area (Å²) in [6, 6.07) is 0. The zero-order valence-electron chi connectivity index (χ0n) is 9.67. The molecule has 0 saturated carbocycles. The molecule has 16 heavy (non-hydrogen) atoms. The van der Waals surface area contributed by atoms with Crippen molar-refractivity contribution in [3.8, 4) is 0 Å². The van der Waals surface area contributed by atoms with Crippen molar-refractivity contribution in [3.05, 3.63) is 23.7 Å². The van der Waals surface area contributed by atoms with E-state index in [0.717, 1.165) is 30.6 Å². The highest BCUT2D eigenvalue weighted by Gasteiger charge is 2.30. The minimum Gasteiger partial charge on any atom is -0.340 e. The Kier molecular flexibility index (Phi) is 2.01. The van der Waals surface area contributed by atoms with Gasteiger partial charge in [0.2, 0.25) is 0 Å². The molecular formula is C12H16N4. The average Bonchev–Trinajstić information content (AvgIpc) is 2.67. The summed E-state index contributed by atoms with van der Waals surface area (Å²) >= 11 is 0. The van der Waals surface area contributed by atoms with Gasteiger partial charge in [0.05, 0.1) is 0 Å². The van der Waals surface area contributed by atoms with Gasteiger partial charge in [0.25, 0.3) is 0 Å². The molecule has 1 aliphatic rings. The van der Waals surface area contributed by atoms with Gasteiger partial charge >= 0.3 is 0 Å². The third-order valence-corrected chi connectivity index (χ3v) is 3.66. The summed E-state index contributed by atoms with van der Waals surface area (Å²) in [5.74, 6) is 0. The van der Waals surface area contributed by atoms with Crippen LogP contribution in [0.3, 0.4) is 0 Å². The minimum absolute atomic E-state index is 0.194. The molecule has 0 fully saturated rings. The molecule has 84 valence electrons. The maximum absolute atomic E-state index is 4.43. The fourth-order valence-corrected chi connectivity index (χ4v) is 2.36. The molecule has 2 N–H and O–H groups in total.